The summed E-state index contributed by atoms with van der Waals surface area (Å²) in [7, 11) is 0. The van der Waals surface area contributed by atoms with Crippen molar-refractivity contribution in [3.8, 4) is 5.75 Å². The summed E-state index contributed by atoms with van der Waals surface area (Å²) in [6, 6.07) is 7.38. The van der Waals surface area contributed by atoms with E-state index in [9.17, 15) is 9.59 Å². The first kappa shape index (κ1) is 14.9. The van der Waals surface area contributed by atoms with E-state index in [1.807, 2.05) is 24.3 Å². The van der Waals surface area contributed by atoms with Gasteiger partial charge < -0.3 is 14.1 Å². The van der Waals surface area contributed by atoms with E-state index in [2.05, 4.69) is 4.98 Å². The zero-order valence-corrected chi connectivity index (χ0v) is 13.2. The number of likely N-dealkylation sites (tertiary alicyclic amines) is 1. The van der Waals surface area contributed by atoms with Crippen molar-refractivity contribution in [1.82, 2.24) is 9.88 Å². The molecule has 2 aliphatic heterocycles. The Balaban J connectivity index is 1.53. The highest BCUT2D eigenvalue weighted by Gasteiger charge is 2.42. The fourth-order valence-electron chi connectivity index (χ4n) is 3.57. The van der Waals surface area contributed by atoms with Gasteiger partial charge in [-0.1, -0.05) is 12.1 Å². The third-order valence-electron chi connectivity index (χ3n) is 4.83. The minimum absolute atomic E-state index is 0.119. The first-order valence-corrected chi connectivity index (χ1v) is 8.16. The van der Waals surface area contributed by atoms with Crippen LogP contribution in [-0.4, -0.2) is 40.3 Å². The number of oxazole rings is 1. The van der Waals surface area contributed by atoms with E-state index in [1.54, 1.807) is 4.90 Å². The van der Waals surface area contributed by atoms with Crippen LogP contribution in [0.5, 0.6) is 5.75 Å². The fourth-order valence-corrected chi connectivity index (χ4v) is 3.57. The van der Waals surface area contributed by atoms with Crippen molar-refractivity contribution in [3.63, 3.8) is 0 Å². The zero-order chi connectivity index (χ0) is 16.6. The Morgan fingerprint density at radius 1 is 1.21 bits per heavy atom. The summed E-state index contributed by atoms with van der Waals surface area (Å²) >= 11 is 0. The minimum Gasteiger partial charge on any atom is -0.486 e. The lowest BCUT2D eigenvalue weighted by Crippen LogP contribution is -2.43. The number of ketones is 1. The molecular formula is C18H18N2O4. The first-order chi connectivity index (χ1) is 11.7. The van der Waals surface area contributed by atoms with Crippen LogP contribution in [0.2, 0.25) is 0 Å². The van der Waals surface area contributed by atoms with Gasteiger partial charge in [0, 0.05) is 19.5 Å². The highest BCUT2D eigenvalue weighted by Crippen LogP contribution is 2.39. The number of benzene rings is 1. The number of aromatic nitrogens is 1. The first-order valence-electron chi connectivity index (χ1n) is 8.16. The summed E-state index contributed by atoms with van der Waals surface area (Å²) < 4.78 is 11.1. The van der Waals surface area contributed by atoms with E-state index in [0.29, 0.717) is 42.9 Å². The molecule has 1 unspecified atom stereocenters. The molecule has 2 aliphatic rings. The third kappa shape index (κ3) is 2.58. The molecule has 0 radical (unpaired) electrons. The van der Waals surface area contributed by atoms with E-state index in [0.717, 1.165) is 12.8 Å². The van der Waals surface area contributed by atoms with Crippen molar-refractivity contribution >= 4 is 11.7 Å². The average molecular weight is 326 g/mol. The lowest BCUT2D eigenvalue weighted by molar-refractivity contribution is 0.0300. The molecule has 6 nitrogen and oxygen atoms in total. The van der Waals surface area contributed by atoms with Gasteiger partial charge >= 0.3 is 0 Å². The van der Waals surface area contributed by atoms with Crippen molar-refractivity contribution in [2.24, 2.45) is 0 Å². The molecule has 0 N–H and O–H groups in total. The Morgan fingerprint density at radius 3 is 2.92 bits per heavy atom. The molecule has 0 bridgehead atoms. The summed E-state index contributed by atoms with van der Waals surface area (Å²) in [6.07, 6.45) is 5.17. The molecule has 3 heterocycles. The number of fused-ring (bicyclic) bond motifs is 1. The molecule has 4 rings (SSSR count). The van der Waals surface area contributed by atoms with Gasteiger partial charge in [0.05, 0.1) is 12.0 Å². The maximum atomic E-state index is 12.5. The second-order valence-corrected chi connectivity index (χ2v) is 6.40. The maximum Gasteiger partial charge on any atom is 0.275 e. The van der Waals surface area contributed by atoms with Gasteiger partial charge in [0.2, 0.25) is 0 Å². The Kier molecular flexibility index (Phi) is 3.59. The molecule has 6 heteroatoms. The van der Waals surface area contributed by atoms with Crippen molar-refractivity contribution in [2.45, 2.75) is 31.3 Å². The van der Waals surface area contributed by atoms with E-state index in [-0.39, 0.29) is 11.7 Å². The number of carbonyl (C=O) groups is 2. The largest absolute Gasteiger partial charge is 0.486 e. The van der Waals surface area contributed by atoms with E-state index >= 15 is 0 Å². The van der Waals surface area contributed by atoms with Gasteiger partial charge in [-0.3, -0.25) is 9.59 Å². The van der Waals surface area contributed by atoms with Gasteiger partial charge in [0.25, 0.3) is 5.91 Å². The molecule has 0 aliphatic carbocycles. The fraction of sp³-hybridized carbons (Fsp3) is 0.389. The van der Waals surface area contributed by atoms with Crippen LogP contribution in [0.4, 0.5) is 0 Å². The highest BCUT2D eigenvalue weighted by molar-refractivity contribution is 6.00. The predicted molar refractivity (Wildman–Crippen MR) is 85.0 cm³/mol. The molecule has 0 saturated carbocycles. The second-order valence-electron chi connectivity index (χ2n) is 6.40. The lowest BCUT2D eigenvalue weighted by Gasteiger charge is -2.37. The number of Topliss-reactive ketones (excluding diaryl/α,β-unsaturated/α-hetero) is 1. The van der Waals surface area contributed by atoms with Gasteiger partial charge in [0.15, 0.2) is 17.9 Å². The van der Waals surface area contributed by atoms with Crippen LogP contribution in [0.25, 0.3) is 0 Å². The van der Waals surface area contributed by atoms with Gasteiger partial charge in [-0.05, 0) is 25.0 Å². The molecule has 1 atom stereocenters. The van der Waals surface area contributed by atoms with Crippen LogP contribution in [0.15, 0.2) is 41.3 Å². The van der Waals surface area contributed by atoms with E-state index < -0.39 is 5.60 Å². The molecule has 1 fully saturated rings. The number of amides is 1. The van der Waals surface area contributed by atoms with Crippen LogP contribution in [0, 0.1) is 0 Å². The molecule has 1 aromatic carbocycles. The maximum absolute atomic E-state index is 12.5. The molecule has 124 valence electrons. The molecule has 2 aromatic rings. The zero-order valence-electron chi connectivity index (χ0n) is 13.2. The summed E-state index contributed by atoms with van der Waals surface area (Å²) in [6.45, 7) is 1.17. The third-order valence-corrected chi connectivity index (χ3v) is 4.83. The number of para-hydroxylation sites is 1. The summed E-state index contributed by atoms with van der Waals surface area (Å²) in [5.41, 5.74) is 0.462. The topological polar surface area (TPSA) is 72.6 Å². The van der Waals surface area contributed by atoms with Gasteiger partial charge in [-0.2, -0.15) is 0 Å². The highest BCUT2D eigenvalue weighted by atomic mass is 16.5. The van der Waals surface area contributed by atoms with Crippen molar-refractivity contribution in [2.75, 3.05) is 13.1 Å². The number of hydrogen-bond donors (Lipinski definition) is 0. The lowest BCUT2D eigenvalue weighted by atomic mass is 9.84. The van der Waals surface area contributed by atoms with E-state index in [1.165, 1.54) is 12.7 Å². The summed E-state index contributed by atoms with van der Waals surface area (Å²) in [5, 5.41) is 0. The standard InChI is InChI=1S/C18H18N2O4/c21-15-10-18(24-16-5-2-1-4-13(15)16)6-3-8-20(9-7-18)17(22)14-11-23-12-19-14/h1-2,4-5,11-12H,3,6-10H2. The van der Waals surface area contributed by atoms with Gasteiger partial charge in [-0.25, -0.2) is 4.98 Å². The number of ether oxygens (including phenoxy) is 1. The van der Waals surface area contributed by atoms with Crippen molar-refractivity contribution < 1.29 is 18.7 Å². The second kappa shape index (κ2) is 5.78. The van der Waals surface area contributed by atoms with Crippen LogP contribution >= 0.6 is 0 Å². The Morgan fingerprint density at radius 2 is 2.08 bits per heavy atom. The Bertz CT molecular complexity index is 771. The number of rotatable bonds is 1. The minimum atomic E-state index is -0.510. The van der Waals surface area contributed by atoms with Crippen molar-refractivity contribution in [3.05, 3.63) is 48.2 Å². The molecular weight excluding hydrogens is 308 g/mol. The Hall–Kier alpha value is -2.63. The number of hydrogen-bond acceptors (Lipinski definition) is 5. The SMILES string of the molecule is O=C1CC2(CCCN(C(=O)c3cocn3)CC2)Oc2ccccc21. The quantitative estimate of drug-likeness (QED) is 0.805. The molecule has 1 spiro atoms. The monoisotopic (exact) mass is 326 g/mol. The molecule has 1 saturated heterocycles. The molecule has 24 heavy (non-hydrogen) atoms. The average Bonchev–Trinajstić information content (AvgIpc) is 3.05. The van der Waals surface area contributed by atoms with Gasteiger partial charge in [0.1, 0.15) is 17.6 Å². The number of carbonyl (C=O) groups excluding carboxylic acids is 2. The van der Waals surface area contributed by atoms with Crippen LogP contribution < -0.4 is 4.74 Å². The van der Waals surface area contributed by atoms with Crippen LogP contribution in [-0.2, 0) is 0 Å². The molecule has 1 aromatic heterocycles. The summed E-state index contributed by atoms with van der Waals surface area (Å²) in [4.78, 5) is 30.6. The van der Waals surface area contributed by atoms with Crippen LogP contribution in [0.1, 0.15) is 46.5 Å². The smallest absolute Gasteiger partial charge is 0.275 e. The normalized spacial score (nSPS) is 23.5. The predicted octanol–water partition coefficient (Wildman–Crippen LogP) is 2.70. The Labute approximate surface area is 139 Å². The summed E-state index contributed by atoms with van der Waals surface area (Å²) in [5.74, 6) is 0.640. The van der Waals surface area contributed by atoms with Gasteiger partial charge in [-0.15, -0.1) is 0 Å². The molecule has 1 amide bonds. The van der Waals surface area contributed by atoms with E-state index in [4.69, 9.17) is 9.15 Å². The van der Waals surface area contributed by atoms with Crippen LogP contribution in [0.3, 0.4) is 0 Å². The number of nitrogens with zero attached hydrogens (tertiary/aromatic N) is 2. The van der Waals surface area contributed by atoms with Crippen molar-refractivity contribution in [1.29, 1.82) is 0 Å².